The third kappa shape index (κ3) is 6.67. The van der Waals surface area contributed by atoms with E-state index < -0.39 is 11.9 Å². The van der Waals surface area contributed by atoms with Crippen molar-refractivity contribution in [3.8, 4) is 11.8 Å². The number of ether oxygens (including phenoxy) is 2. The average molecular weight is 703 g/mol. The second-order valence-electron chi connectivity index (χ2n) is 8.13. The summed E-state index contributed by atoms with van der Waals surface area (Å²) in [4.78, 5) is 29.9. The molecule has 202 valence electrons. The van der Waals surface area contributed by atoms with E-state index in [1.807, 2.05) is 12.1 Å². The monoisotopic (exact) mass is 700 g/mol. The number of aliphatic hydroxyl groups excluding tert-OH is 1. The molecule has 1 amide bonds. The molecule has 11 heteroatoms. The fourth-order valence-corrected chi connectivity index (χ4v) is 6.32. The van der Waals surface area contributed by atoms with Gasteiger partial charge in [0.2, 0.25) is 0 Å². The number of carbonyl (C=O) groups excluding carboxylic acids is 2. The Morgan fingerprint density at radius 1 is 1.12 bits per heavy atom. The average Bonchev–Trinajstić information content (AvgIpc) is 3.22. The number of thioether (sulfide) groups is 1. The van der Waals surface area contributed by atoms with Gasteiger partial charge in [0.25, 0.3) is 5.91 Å². The van der Waals surface area contributed by atoms with Crippen LogP contribution in [0.1, 0.15) is 34.0 Å². The lowest BCUT2D eigenvalue weighted by Gasteiger charge is -2.12. The quantitative estimate of drug-likeness (QED) is 0.249. The van der Waals surface area contributed by atoms with Gasteiger partial charge in [0, 0.05) is 5.56 Å². The number of amides is 1. The molecule has 0 saturated carbocycles. The number of nitrogens with zero attached hydrogens (tertiary/aromatic N) is 2. The molecule has 3 aromatic carbocycles. The van der Waals surface area contributed by atoms with Gasteiger partial charge < -0.3 is 14.6 Å². The van der Waals surface area contributed by atoms with E-state index in [9.17, 15) is 20.0 Å². The molecule has 3 aromatic rings. The SMILES string of the molecule is CCOC(=O)C1=C(O)/C(=C/c2cc(Br)c(OCc3ccccc3C#N)c(Br)c2)SC1=NC(=O)c1ccccc1Cl. The van der Waals surface area contributed by atoms with Gasteiger partial charge in [-0.25, -0.2) is 9.79 Å². The van der Waals surface area contributed by atoms with Gasteiger partial charge >= 0.3 is 5.97 Å². The maximum absolute atomic E-state index is 12.8. The van der Waals surface area contributed by atoms with Gasteiger partial charge in [-0.1, -0.05) is 53.7 Å². The number of benzene rings is 3. The van der Waals surface area contributed by atoms with Crippen molar-refractivity contribution in [3.63, 3.8) is 0 Å². The predicted molar refractivity (Wildman–Crippen MR) is 162 cm³/mol. The van der Waals surface area contributed by atoms with Crippen LogP contribution in [0, 0.1) is 11.3 Å². The van der Waals surface area contributed by atoms with E-state index in [1.54, 1.807) is 55.5 Å². The molecule has 4 rings (SSSR count). The van der Waals surface area contributed by atoms with E-state index in [0.717, 1.165) is 17.3 Å². The molecule has 7 nitrogen and oxygen atoms in total. The number of carbonyl (C=O) groups is 2. The third-order valence-electron chi connectivity index (χ3n) is 5.51. The molecule has 0 aliphatic carbocycles. The number of hydrogen-bond acceptors (Lipinski definition) is 7. The molecule has 0 unspecified atom stereocenters. The Labute approximate surface area is 256 Å². The maximum Gasteiger partial charge on any atom is 0.344 e. The minimum atomic E-state index is -0.801. The Kier molecular flexibility index (Phi) is 9.87. The summed E-state index contributed by atoms with van der Waals surface area (Å²) < 4.78 is 12.3. The highest BCUT2D eigenvalue weighted by molar-refractivity contribution is 9.11. The minimum absolute atomic E-state index is 0.00126. The third-order valence-corrected chi connectivity index (χ3v) is 8.03. The molecular formula is C29H19Br2ClN2O5S. The van der Waals surface area contributed by atoms with Crippen molar-refractivity contribution in [2.24, 2.45) is 4.99 Å². The first kappa shape index (κ1) is 29.6. The second-order valence-corrected chi connectivity index (χ2v) is 11.3. The molecular weight excluding hydrogens is 684 g/mol. The van der Waals surface area contributed by atoms with Crippen molar-refractivity contribution >= 4 is 78.2 Å². The Hall–Kier alpha value is -3.36. The van der Waals surface area contributed by atoms with Crippen LogP contribution in [0.15, 0.2) is 90.8 Å². The lowest BCUT2D eigenvalue weighted by molar-refractivity contribution is -0.138. The molecule has 0 spiro atoms. The van der Waals surface area contributed by atoms with Crippen molar-refractivity contribution in [3.05, 3.63) is 113 Å². The van der Waals surface area contributed by atoms with Crippen LogP contribution < -0.4 is 4.74 Å². The zero-order chi connectivity index (χ0) is 28.8. The molecule has 0 radical (unpaired) electrons. The first-order valence-corrected chi connectivity index (χ1v) is 14.5. The number of halogens is 3. The first-order chi connectivity index (χ1) is 19.2. The number of aliphatic hydroxyl groups is 1. The van der Waals surface area contributed by atoms with E-state index in [0.29, 0.717) is 30.7 Å². The van der Waals surface area contributed by atoms with Crippen molar-refractivity contribution in [1.29, 1.82) is 5.26 Å². The van der Waals surface area contributed by atoms with Gasteiger partial charge in [0.1, 0.15) is 28.7 Å². The first-order valence-electron chi connectivity index (χ1n) is 11.7. The highest BCUT2D eigenvalue weighted by atomic mass is 79.9. The van der Waals surface area contributed by atoms with E-state index in [-0.39, 0.29) is 40.2 Å². The summed E-state index contributed by atoms with van der Waals surface area (Å²) >= 11 is 14.1. The van der Waals surface area contributed by atoms with Crippen molar-refractivity contribution < 1.29 is 24.2 Å². The number of rotatable bonds is 7. The van der Waals surface area contributed by atoms with Gasteiger partial charge in [-0.3, -0.25) is 4.79 Å². The molecule has 1 N–H and O–H groups in total. The Bertz CT molecular complexity index is 1620. The topological polar surface area (TPSA) is 109 Å². The zero-order valence-electron chi connectivity index (χ0n) is 20.8. The van der Waals surface area contributed by atoms with Gasteiger partial charge in [0.15, 0.2) is 0 Å². The fraction of sp³-hybridized carbons (Fsp3) is 0.103. The van der Waals surface area contributed by atoms with E-state index >= 15 is 0 Å². The highest BCUT2D eigenvalue weighted by Crippen LogP contribution is 2.41. The Balaban J connectivity index is 1.65. The van der Waals surface area contributed by atoms with Crippen molar-refractivity contribution in [1.82, 2.24) is 0 Å². The van der Waals surface area contributed by atoms with Crippen LogP contribution in [-0.4, -0.2) is 28.6 Å². The molecule has 1 aliphatic heterocycles. The molecule has 1 heterocycles. The van der Waals surface area contributed by atoms with Crippen LogP contribution >= 0.6 is 55.2 Å². The molecule has 0 saturated heterocycles. The predicted octanol–water partition coefficient (Wildman–Crippen LogP) is 8.02. The summed E-state index contributed by atoms with van der Waals surface area (Å²) in [6.45, 7) is 1.89. The summed E-state index contributed by atoms with van der Waals surface area (Å²) in [6, 6.07) is 19.3. The molecule has 0 fully saturated rings. The molecule has 0 bridgehead atoms. The summed E-state index contributed by atoms with van der Waals surface area (Å²) in [6.07, 6.45) is 1.64. The Morgan fingerprint density at radius 3 is 2.48 bits per heavy atom. The summed E-state index contributed by atoms with van der Waals surface area (Å²) in [5.41, 5.74) is 1.89. The van der Waals surface area contributed by atoms with Gasteiger partial charge in [-0.15, -0.1) is 0 Å². The summed E-state index contributed by atoms with van der Waals surface area (Å²) in [5.74, 6) is -1.29. The van der Waals surface area contributed by atoms with Crippen LogP contribution in [0.4, 0.5) is 0 Å². The van der Waals surface area contributed by atoms with Crippen LogP contribution in [-0.2, 0) is 16.1 Å². The smallest absolute Gasteiger partial charge is 0.344 e. The maximum atomic E-state index is 12.8. The van der Waals surface area contributed by atoms with Crippen LogP contribution in [0.3, 0.4) is 0 Å². The van der Waals surface area contributed by atoms with Crippen molar-refractivity contribution in [2.45, 2.75) is 13.5 Å². The Morgan fingerprint density at radius 2 is 1.80 bits per heavy atom. The van der Waals surface area contributed by atoms with Gasteiger partial charge in [0.05, 0.1) is 42.7 Å². The molecule has 40 heavy (non-hydrogen) atoms. The van der Waals surface area contributed by atoms with Gasteiger partial charge in [-0.2, -0.15) is 5.26 Å². The fourth-order valence-electron chi connectivity index (χ4n) is 3.64. The molecule has 1 aliphatic rings. The second kappa shape index (κ2) is 13.3. The number of nitriles is 1. The minimum Gasteiger partial charge on any atom is -0.506 e. The van der Waals surface area contributed by atoms with E-state index in [2.05, 4.69) is 42.9 Å². The number of aliphatic imine (C=N–C) groups is 1. The lowest BCUT2D eigenvalue weighted by Crippen LogP contribution is -2.14. The largest absolute Gasteiger partial charge is 0.506 e. The van der Waals surface area contributed by atoms with E-state index in [1.165, 1.54) is 6.07 Å². The van der Waals surface area contributed by atoms with Crippen LogP contribution in [0.25, 0.3) is 6.08 Å². The molecule has 0 aromatic heterocycles. The highest BCUT2D eigenvalue weighted by Gasteiger charge is 2.34. The summed E-state index contributed by atoms with van der Waals surface area (Å²) in [7, 11) is 0. The van der Waals surface area contributed by atoms with Crippen LogP contribution in [0.2, 0.25) is 5.02 Å². The number of esters is 1. The van der Waals surface area contributed by atoms with Crippen LogP contribution in [0.5, 0.6) is 5.75 Å². The molecule has 0 atom stereocenters. The normalized spacial score (nSPS) is 14.9. The number of hydrogen-bond donors (Lipinski definition) is 1. The summed E-state index contributed by atoms with van der Waals surface area (Å²) in [5, 5.41) is 20.5. The zero-order valence-corrected chi connectivity index (χ0v) is 25.5. The van der Waals surface area contributed by atoms with Crippen molar-refractivity contribution in [2.75, 3.05) is 6.61 Å². The lowest BCUT2D eigenvalue weighted by atomic mass is 10.1. The van der Waals surface area contributed by atoms with E-state index in [4.69, 9.17) is 21.1 Å². The standard InChI is InChI=1S/C29H19Br2ClN2O5S/c1-2-38-29(37)24-25(35)23(40-28(24)34-27(36)19-9-5-6-10-22(19)32)13-16-11-20(30)26(21(31)12-16)39-15-18-8-4-3-7-17(18)14-33/h3-13,35H,2,15H2,1H3/b23-13-,34-28?. The van der Waals surface area contributed by atoms with Gasteiger partial charge in [-0.05, 0) is 80.8 Å².